The van der Waals surface area contributed by atoms with Crippen molar-refractivity contribution >= 4 is 22.9 Å². The summed E-state index contributed by atoms with van der Waals surface area (Å²) in [7, 11) is 0. The molecule has 0 aromatic rings. The van der Waals surface area contributed by atoms with Gasteiger partial charge in [0.15, 0.2) is 5.96 Å². The van der Waals surface area contributed by atoms with E-state index in [4.69, 9.17) is 11.5 Å². The van der Waals surface area contributed by atoms with Gasteiger partial charge in [-0.05, 0) is 13.3 Å². The zero-order valence-electron chi connectivity index (χ0n) is 8.57. The first-order chi connectivity index (χ1) is 6.18. The number of hydrogen-bond acceptors (Lipinski definition) is 2. The van der Waals surface area contributed by atoms with E-state index in [9.17, 15) is 0 Å². The van der Waals surface area contributed by atoms with Gasteiger partial charge in [0.25, 0.3) is 0 Å². The molecule has 0 aliphatic carbocycles. The summed E-state index contributed by atoms with van der Waals surface area (Å²) in [6.45, 7) is 5.98. The van der Waals surface area contributed by atoms with Crippen molar-refractivity contribution in [2.45, 2.75) is 13.3 Å². The summed E-state index contributed by atoms with van der Waals surface area (Å²) in [5.74, 6) is 0.184. The molecule has 0 bridgehead atoms. The second-order valence-corrected chi connectivity index (χ2v) is 3.41. The Kier molecular flexibility index (Phi) is 6.57. The molecule has 0 radical (unpaired) electrons. The monoisotopic (exact) mass is 262 g/mol. The topological polar surface area (TPSA) is 67.6 Å². The largest absolute Gasteiger partial charge is 0.370 e. The molecule has 0 spiro atoms. The van der Waals surface area contributed by atoms with Gasteiger partial charge in [-0.25, -0.2) is 0 Å². The average molecular weight is 263 g/mol. The van der Waals surface area contributed by atoms with Crippen molar-refractivity contribution in [1.82, 2.24) is 4.90 Å². The van der Waals surface area contributed by atoms with E-state index in [1.807, 2.05) is 0 Å². The Labute approximate surface area is 95.8 Å². The molecule has 0 atom stereocenters. The van der Waals surface area contributed by atoms with Crippen molar-refractivity contribution in [3.63, 3.8) is 0 Å². The highest BCUT2D eigenvalue weighted by Crippen LogP contribution is 2.08. The SMILES string of the molecule is Br.CC1=CCN(CCN=C(N)N)CC1. The van der Waals surface area contributed by atoms with Crippen LogP contribution in [0.5, 0.6) is 0 Å². The van der Waals surface area contributed by atoms with Gasteiger partial charge in [0, 0.05) is 19.6 Å². The molecule has 1 aliphatic heterocycles. The molecule has 0 aromatic heterocycles. The second kappa shape index (κ2) is 6.84. The second-order valence-electron chi connectivity index (χ2n) is 3.41. The number of guanidine groups is 1. The van der Waals surface area contributed by atoms with Crippen LogP contribution in [-0.4, -0.2) is 37.0 Å². The summed E-state index contributed by atoms with van der Waals surface area (Å²) < 4.78 is 0. The highest BCUT2D eigenvalue weighted by Gasteiger charge is 2.07. The van der Waals surface area contributed by atoms with E-state index in [0.29, 0.717) is 6.54 Å². The van der Waals surface area contributed by atoms with Crippen molar-refractivity contribution in [1.29, 1.82) is 0 Å². The summed E-state index contributed by atoms with van der Waals surface area (Å²) >= 11 is 0. The molecule has 4 N–H and O–H groups in total. The van der Waals surface area contributed by atoms with E-state index in [1.54, 1.807) is 0 Å². The Bertz CT molecular complexity index is 221. The predicted molar refractivity (Wildman–Crippen MR) is 65.8 cm³/mol. The molecule has 5 heteroatoms. The third-order valence-corrected chi connectivity index (χ3v) is 2.23. The molecule has 0 saturated heterocycles. The standard InChI is InChI=1S/C9H18N4.BrH/c1-8-2-5-13(6-3-8)7-4-12-9(10)11;/h2H,3-7H2,1H3,(H4,10,11,12);1H. The molecular weight excluding hydrogens is 244 g/mol. The van der Waals surface area contributed by atoms with E-state index in [-0.39, 0.29) is 22.9 Å². The molecule has 0 fully saturated rings. The van der Waals surface area contributed by atoms with Crippen LogP contribution in [0.4, 0.5) is 0 Å². The lowest BCUT2D eigenvalue weighted by molar-refractivity contribution is 0.302. The Balaban J connectivity index is 0.00000169. The highest BCUT2D eigenvalue weighted by atomic mass is 79.9. The van der Waals surface area contributed by atoms with Crippen LogP contribution in [0.15, 0.2) is 16.6 Å². The fourth-order valence-corrected chi connectivity index (χ4v) is 1.34. The van der Waals surface area contributed by atoms with E-state index >= 15 is 0 Å². The molecule has 82 valence electrons. The van der Waals surface area contributed by atoms with Crippen LogP contribution in [0.1, 0.15) is 13.3 Å². The first-order valence-corrected chi connectivity index (χ1v) is 4.62. The van der Waals surface area contributed by atoms with Crippen molar-refractivity contribution in [3.8, 4) is 0 Å². The van der Waals surface area contributed by atoms with Gasteiger partial charge in [0.2, 0.25) is 0 Å². The number of halogens is 1. The maximum atomic E-state index is 5.23. The lowest BCUT2D eigenvalue weighted by Crippen LogP contribution is -2.32. The molecule has 14 heavy (non-hydrogen) atoms. The van der Waals surface area contributed by atoms with Crippen LogP contribution < -0.4 is 11.5 Å². The molecular formula is C9H19BrN4. The first kappa shape index (κ1) is 13.4. The van der Waals surface area contributed by atoms with Gasteiger partial charge in [-0.2, -0.15) is 0 Å². The van der Waals surface area contributed by atoms with Crippen molar-refractivity contribution in [3.05, 3.63) is 11.6 Å². The summed E-state index contributed by atoms with van der Waals surface area (Å²) in [5.41, 5.74) is 11.9. The van der Waals surface area contributed by atoms with E-state index in [0.717, 1.165) is 19.6 Å². The third kappa shape index (κ3) is 5.24. The lowest BCUT2D eigenvalue weighted by Gasteiger charge is -2.24. The minimum absolute atomic E-state index is 0. The van der Waals surface area contributed by atoms with Gasteiger partial charge in [-0.3, -0.25) is 9.89 Å². The number of nitrogens with zero attached hydrogens (tertiary/aromatic N) is 2. The smallest absolute Gasteiger partial charge is 0.185 e. The average Bonchev–Trinajstić information content (AvgIpc) is 2.08. The number of nitrogens with two attached hydrogens (primary N) is 2. The zero-order valence-corrected chi connectivity index (χ0v) is 10.3. The molecule has 0 aromatic carbocycles. The van der Waals surface area contributed by atoms with Crippen molar-refractivity contribution in [2.75, 3.05) is 26.2 Å². The fraction of sp³-hybridized carbons (Fsp3) is 0.667. The van der Waals surface area contributed by atoms with Crippen LogP contribution in [0.25, 0.3) is 0 Å². The molecule has 1 rings (SSSR count). The van der Waals surface area contributed by atoms with E-state index in [2.05, 4.69) is 22.9 Å². The van der Waals surface area contributed by atoms with Gasteiger partial charge in [0.05, 0.1) is 6.54 Å². The Morgan fingerprint density at radius 2 is 2.29 bits per heavy atom. The van der Waals surface area contributed by atoms with Crippen molar-refractivity contribution in [2.24, 2.45) is 16.5 Å². The minimum atomic E-state index is 0. The fourth-order valence-electron chi connectivity index (χ4n) is 1.34. The van der Waals surface area contributed by atoms with Gasteiger partial charge in [-0.15, -0.1) is 17.0 Å². The van der Waals surface area contributed by atoms with Crippen LogP contribution in [0.2, 0.25) is 0 Å². The first-order valence-electron chi connectivity index (χ1n) is 4.62. The van der Waals surface area contributed by atoms with E-state index in [1.165, 1.54) is 12.0 Å². The maximum absolute atomic E-state index is 5.23. The van der Waals surface area contributed by atoms with Gasteiger partial charge in [0.1, 0.15) is 0 Å². The summed E-state index contributed by atoms with van der Waals surface area (Å²) in [6, 6.07) is 0. The van der Waals surface area contributed by atoms with Crippen LogP contribution in [0.3, 0.4) is 0 Å². The molecule has 4 nitrogen and oxygen atoms in total. The third-order valence-electron chi connectivity index (χ3n) is 2.23. The van der Waals surface area contributed by atoms with Crippen LogP contribution in [-0.2, 0) is 0 Å². The molecule has 1 aliphatic rings. The van der Waals surface area contributed by atoms with Gasteiger partial charge in [-0.1, -0.05) is 11.6 Å². The summed E-state index contributed by atoms with van der Waals surface area (Å²) in [4.78, 5) is 6.29. The predicted octanol–water partition coefficient (Wildman–Crippen LogP) is 0.490. The Morgan fingerprint density at radius 3 is 2.79 bits per heavy atom. The minimum Gasteiger partial charge on any atom is -0.370 e. The molecule has 1 heterocycles. The normalized spacial score (nSPS) is 16.8. The maximum Gasteiger partial charge on any atom is 0.185 e. The van der Waals surface area contributed by atoms with Crippen molar-refractivity contribution < 1.29 is 0 Å². The van der Waals surface area contributed by atoms with Crippen LogP contribution >= 0.6 is 17.0 Å². The molecule has 0 unspecified atom stereocenters. The van der Waals surface area contributed by atoms with Gasteiger partial charge >= 0.3 is 0 Å². The lowest BCUT2D eigenvalue weighted by atomic mass is 10.1. The Morgan fingerprint density at radius 1 is 1.57 bits per heavy atom. The van der Waals surface area contributed by atoms with Gasteiger partial charge < -0.3 is 11.5 Å². The molecule has 0 saturated carbocycles. The quantitative estimate of drug-likeness (QED) is 0.442. The number of rotatable bonds is 3. The summed E-state index contributed by atoms with van der Waals surface area (Å²) in [5, 5.41) is 0. The van der Waals surface area contributed by atoms with E-state index < -0.39 is 0 Å². The van der Waals surface area contributed by atoms with Crippen LogP contribution in [0, 0.1) is 0 Å². The number of hydrogen-bond donors (Lipinski definition) is 2. The Hall–Kier alpha value is -0.550. The highest BCUT2D eigenvalue weighted by molar-refractivity contribution is 8.93. The summed E-state index contributed by atoms with van der Waals surface area (Å²) in [6.07, 6.45) is 3.43. The zero-order chi connectivity index (χ0) is 9.68. The molecule has 0 amide bonds. The number of aliphatic imine (C=N–C) groups is 1.